The summed E-state index contributed by atoms with van der Waals surface area (Å²) in [5, 5.41) is 12.3. The number of nitrogens with zero attached hydrogens (tertiary/aromatic N) is 1. The van der Waals surface area contributed by atoms with Crippen molar-refractivity contribution in [3.05, 3.63) is 34.9 Å². The standard InChI is InChI=1S/C18H19ClN2O3/c1-11-7-15(17(24-2)9-14(11)19)21-18(23)13(10-20)16(22)8-12-5-3-4-6-12/h3,5,7,9,12-13H,4,6,8H2,1-2H3,(H,21,23). The van der Waals surface area contributed by atoms with Gasteiger partial charge in [0.2, 0.25) is 5.91 Å². The number of anilines is 1. The molecule has 24 heavy (non-hydrogen) atoms. The molecule has 0 aliphatic heterocycles. The molecule has 1 aromatic rings. The number of hydrogen-bond donors (Lipinski definition) is 1. The number of nitriles is 1. The average Bonchev–Trinajstić information content (AvgIpc) is 3.04. The molecular weight excluding hydrogens is 328 g/mol. The number of halogens is 1. The summed E-state index contributed by atoms with van der Waals surface area (Å²) in [6, 6.07) is 5.04. The molecule has 0 aromatic heterocycles. The number of nitrogens with one attached hydrogen (secondary N) is 1. The Balaban J connectivity index is 2.12. The fourth-order valence-corrected chi connectivity index (χ4v) is 2.81. The first-order valence-electron chi connectivity index (χ1n) is 7.70. The van der Waals surface area contributed by atoms with Crippen LogP contribution in [0.4, 0.5) is 5.69 Å². The molecule has 1 amide bonds. The number of aryl methyl sites for hydroxylation is 1. The van der Waals surface area contributed by atoms with Crippen LogP contribution in [0.2, 0.25) is 5.02 Å². The highest BCUT2D eigenvalue weighted by atomic mass is 35.5. The largest absolute Gasteiger partial charge is 0.495 e. The number of hydrogen-bond acceptors (Lipinski definition) is 4. The molecule has 5 nitrogen and oxygen atoms in total. The fourth-order valence-electron chi connectivity index (χ4n) is 2.65. The summed E-state index contributed by atoms with van der Waals surface area (Å²) < 4.78 is 5.19. The van der Waals surface area contributed by atoms with E-state index in [-0.39, 0.29) is 18.1 Å². The van der Waals surface area contributed by atoms with E-state index in [0.29, 0.717) is 16.5 Å². The smallest absolute Gasteiger partial charge is 0.249 e. The van der Waals surface area contributed by atoms with E-state index < -0.39 is 11.8 Å². The zero-order valence-corrected chi connectivity index (χ0v) is 14.4. The lowest BCUT2D eigenvalue weighted by atomic mass is 9.94. The first kappa shape index (κ1) is 18.0. The van der Waals surface area contributed by atoms with Crippen molar-refractivity contribution in [3.63, 3.8) is 0 Å². The zero-order valence-electron chi connectivity index (χ0n) is 13.6. The third-order valence-corrected chi connectivity index (χ3v) is 4.43. The summed E-state index contributed by atoms with van der Waals surface area (Å²) in [7, 11) is 1.45. The molecule has 1 aliphatic carbocycles. The minimum Gasteiger partial charge on any atom is -0.495 e. The maximum absolute atomic E-state index is 12.4. The van der Waals surface area contributed by atoms with Crippen molar-refractivity contribution in [3.8, 4) is 11.8 Å². The second-order valence-corrected chi connectivity index (χ2v) is 6.20. The van der Waals surface area contributed by atoms with Crippen LogP contribution in [0.25, 0.3) is 0 Å². The summed E-state index contributed by atoms with van der Waals surface area (Å²) in [4.78, 5) is 24.6. The molecule has 0 heterocycles. The molecule has 1 N–H and O–H groups in total. The van der Waals surface area contributed by atoms with Gasteiger partial charge in [-0.05, 0) is 37.3 Å². The number of allylic oxidation sites excluding steroid dienone is 2. The Morgan fingerprint density at radius 1 is 1.50 bits per heavy atom. The van der Waals surface area contributed by atoms with Crippen molar-refractivity contribution in [2.45, 2.75) is 26.2 Å². The Morgan fingerprint density at radius 2 is 2.25 bits per heavy atom. The minimum absolute atomic E-state index is 0.119. The van der Waals surface area contributed by atoms with Crippen molar-refractivity contribution in [1.82, 2.24) is 0 Å². The van der Waals surface area contributed by atoms with E-state index in [2.05, 4.69) is 5.32 Å². The van der Waals surface area contributed by atoms with Crippen LogP contribution in [-0.2, 0) is 9.59 Å². The van der Waals surface area contributed by atoms with Crippen molar-refractivity contribution in [2.75, 3.05) is 12.4 Å². The molecule has 0 saturated heterocycles. The molecule has 0 fully saturated rings. The first-order chi connectivity index (χ1) is 11.5. The van der Waals surface area contributed by atoms with Crippen molar-refractivity contribution in [2.24, 2.45) is 11.8 Å². The number of benzene rings is 1. The molecule has 0 spiro atoms. The van der Waals surface area contributed by atoms with E-state index >= 15 is 0 Å². The van der Waals surface area contributed by atoms with Crippen molar-refractivity contribution >= 4 is 29.0 Å². The highest BCUT2D eigenvalue weighted by Gasteiger charge is 2.29. The summed E-state index contributed by atoms with van der Waals surface area (Å²) in [6.07, 6.45) is 6.01. The van der Waals surface area contributed by atoms with Gasteiger partial charge in [0.25, 0.3) is 0 Å². The van der Waals surface area contributed by atoms with Crippen LogP contribution < -0.4 is 10.1 Å². The van der Waals surface area contributed by atoms with Gasteiger partial charge in [0, 0.05) is 17.5 Å². The second-order valence-electron chi connectivity index (χ2n) is 5.79. The molecule has 1 aliphatic rings. The van der Waals surface area contributed by atoms with Gasteiger partial charge in [0.15, 0.2) is 11.7 Å². The van der Waals surface area contributed by atoms with E-state index in [1.165, 1.54) is 7.11 Å². The molecule has 6 heteroatoms. The molecule has 0 saturated carbocycles. The van der Waals surface area contributed by atoms with Gasteiger partial charge in [-0.1, -0.05) is 23.8 Å². The predicted molar refractivity (Wildman–Crippen MR) is 92.0 cm³/mol. The third-order valence-electron chi connectivity index (χ3n) is 4.03. The Hall–Kier alpha value is -2.32. The fraction of sp³-hybridized carbons (Fsp3) is 0.389. The Labute approximate surface area is 146 Å². The molecule has 2 rings (SSSR count). The van der Waals surface area contributed by atoms with Crippen LogP contribution in [0.5, 0.6) is 5.75 Å². The number of amides is 1. The SMILES string of the molecule is COc1cc(Cl)c(C)cc1NC(=O)C(C#N)C(=O)CC1C=CCC1. The lowest BCUT2D eigenvalue weighted by Gasteiger charge is -2.15. The maximum atomic E-state index is 12.4. The van der Waals surface area contributed by atoms with Crippen LogP contribution in [0.1, 0.15) is 24.8 Å². The van der Waals surface area contributed by atoms with Crippen molar-refractivity contribution < 1.29 is 14.3 Å². The zero-order chi connectivity index (χ0) is 17.7. The van der Waals surface area contributed by atoms with Gasteiger partial charge in [-0.25, -0.2) is 0 Å². The Morgan fingerprint density at radius 3 is 2.83 bits per heavy atom. The number of ether oxygens (including phenoxy) is 1. The summed E-state index contributed by atoms with van der Waals surface area (Å²) in [5.74, 6) is -1.85. The summed E-state index contributed by atoms with van der Waals surface area (Å²) in [5.41, 5.74) is 1.14. The van der Waals surface area contributed by atoms with E-state index in [1.807, 2.05) is 12.2 Å². The van der Waals surface area contributed by atoms with E-state index in [4.69, 9.17) is 16.3 Å². The van der Waals surface area contributed by atoms with Gasteiger partial charge >= 0.3 is 0 Å². The predicted octanol–water partition coefficient (Wildman–Crippen LogP) is 3.66. The quantitative estimate of drug-likeness (QED) is 0.629. The number of ketones is 1. The van der Waals surface area contributed by atoms with Gasteiger partial charge < -0.3 is 10.1 Å². The summed E-state index contributed by atoms with van der Waals surface area (Å²) >= 11 is 6.03. The van der Waals surface area contributed by atoms with Gasteiger partial charge in [-0.15, -0.1) is 0 Å². The summed E-state index contributed by atoms with van der Waals surface area (Å²) in [6.45, 7) is 1.79. The topological polar surface area (TPSA) is 79.2 Å². The van der Waals surface area contributed by atoms with Crippen LogP contribution in [0.3, 0.4) is 0 Å². The van der Waals surface area contributed by atoms with Gasteiger partial charge in [-0.3, -0.25) is 9.59 Å². The molecule has 1 aromatic carbocycles. The van der Waals surface area contributed by atoms with Crippen molar-refractivity contribution in [1.29, 1.82) is 5.26 Å². The van der Waals surface area contributed by atoms with Crippen LogP contribution in [-0.4, -0.2) is 18.8 Å². The number of Topliss-reactive ketones (excluding diaryl/α,β-unsaturated/α-hetero) is 1. The van der Waals surface area contributed by atoms with Crippen LogP contribution in [0.15, 0.2) is 24.3 Å². The van der Waals surface area contributed by atoms with Gasteiger partial charge in [-0.2, -0.15) is 5.26 Å². The number of methoxy groups -OCH3 is 1. The molecule has 0 radical (unpaired) electrons. The monoisotopic (exact) mass is 346 g/mol. The Bertz CT molecular complexity index is 722. The van der Waals surface area contributed by atoms with Crippen LogP contribution in [0, 0.1) is 30.1 Å². The van der Waals surface area contributed by atoms with E-state index in [9.17, 15) is 14.9 Å². The molecule has 0 bridgehead atoms. The van der Waals surface area contributed by atoms with Gasteiger partial charge in [0.1, 0.15) is 5.75 Å². The molecule has 2 atom stereocenters. The lowest BCUT2D eigenvalue weighted by molar-refractivity contribution is -0.129. The highest BCUT2D eigenvalue weighted by molar-refractivity contribution is 6.31. The normalized spacial score (nSPS) is 17.2. The molecule has 126 valence electrons. The molecular formula is C18H19ClN2O3. The number of rotatable bonds is 6. The molecule has 2 unspecified atom stereocenters. The third kappa shape index (κ3) is 4.15. The number of carbonyl (C=O) groups excluding carboxylic acids is 2. The van der Waals surface area contributed by atoms with E-state index in [0.717, 1.165) is 18.4 Å². The lowest BCUT2D eigenvalue weighted by Crippen LogP contribution is -2.29. The van der Waals surface area contributed by atoms with Crippen LogP contribution >= 0.6 is 11.6 Å². The van der Waals surface area contributed by atoms with Gasteiger partial charge in [0.05, 0.1) is 18.9 Å². The average molecular weight is 347 g/mol. The van der Waals surface area contributed by atoms with E-state index in [1.54, 1.807) is 25.1 Å². The highest BCUT2D eigenvalue weighted by Crippen LogP contribution is 2.31. The minimum atomic E-state index is -1.33. The first-order valence-corrected chi connectivity index (χ1v) is 8.08. The maximum Gasteiger partial charge on any atom is 0.249 e. The number of carbonyl (C=O) groups is 2. The second kappa shape index (κ2) is 7.98. The Kier molecular flexibility index (Phi) is 5.99.